The van der Waals surface area contributed by atoms with E-state index >= 15 is 0 Å². The van der Waals surface area contributed by atoms with Crippen LogP contribution in [0, 0.1) is 0 Å². The van der Waals surface area contributed by atoms with Crippen LogP contribution in [0.5, 0.6) is 0 Å². The van der Waals surface area contributed by atoms with E-state index in [-0.39, 0.29) is 0 Å². The molecule has 78 valence electrons. The van der Waals surface area contributed by atoms with Gasteiger partial charge in [0.05, 0.1) is 6.20 Å². The average Bonchev–Trinajstić information content (AvgIpc) is 2.62. The summed E-state index contributed by atoms with van der Waals surface area (Å²) in [7, 11) is 0. The maximum Gasteiger partial charge on any atom is 0.157 e. The number of alkyl halides is 1. The SMILES string of the molecule is ClC1CC(Nc2ccn3nccc3n2)C1. The fraction of sp³-hybridized carbons (Fsp3) is 0.400. The summed E-state index contributed by atoms with van der Waals surface area (Å²) in [6.45, 7) is 0. The Labute approximate surface area is 92.3 Å². The molecule has 2 heterocycles. The van der Waals surface area contributed by atoms with E-state index < -0.39 is 0 Å². The van der Waals surface area contributed by atoms with Gasteiger partial charge < -0.3 is 5.32 Å². The van der Waals surface area contributed by atoms with Crippen LogP contribution in [-0.2, 0) is 0 Å². The largest absolute Gasteiger partial charge is 0.367 e. The normalized spacial score (nSPS) is 25.1. The monoisotopic (exact) mass is 222 g/mol. The second-order valence-electron chi connectivity index (χ2n) is 3.86. The number of nitrogens with zero attached hydrogens (tertiary/aromatic N) is 3. The van der Waals surface area contributed by atoms with E-state index in [1.54, 1.807) is 10.7 Å². The molecule has 1 N–H and O–H groups in total. The van der Waals surface area contributed by atoms with Crippen molar-refractivity contribution in [1.29, 1.82) is 0 Å². The number of nitrogens with one attached hydrogen (secondary N) is 1. The van der Waals surface area contributed by atoms with Gasteiger partial charge in [0.1, 0.15) is 5.82 Å². The highest BCUT2D eigenvalue weighted by Gasteiger charge is 2.27. The van der Waals surface area contributed by atoms with Crippen molar-refractivity contribution in [3.63, 3.8) is 0 Å². The minimum absolute atomic E-state index is 0.334. The Hall–Kier alpha value is -1.29. The molecular formula is C10H11ClN4. The summed E-state index contributed by atoms with van der Waals surface area (Å²) >= 11 is 5.91. The third kappa shape index (κ3) is 1.65. The van der Waals surface area contributed by atoms with E-state index in [9.17, 15) is 0 Å². The Balaban J connectivity index is 1.79. The van der Waals surface area contributed by atoms with E-state index in [4.69, 9.17) is 11.6 Å². The molecule has 0 amide bonds. The molecule has 0 radical (unpaired) electrons. The Bertz CT molecular complexity index is 475. The maximum atomic E-state index is 5.91. The van der Waals surface area contributed by atoms with Crippen LogP contribution in [0.4, 0.5) is 5.82 Å². The zero-order valence-corrected chi connectivity index (χ0v) is 8.85. The zero-order chi connectivity index (χ0) is 10.3. The van der Waals surface area contributed by atoms with Gasteiger partial charge in [0, 0.05) is 23.7 Å². The molecule has 0 saturated heterocycles. The summed E-state index contributed by atoms with van der Waals surface area (Å²) in [6.07, 6.45) is 5.69. The van der Waals surface area contributed by atoms with Crippen molar-refractivity contribution in [1.82, 2.24) is 14.6 Å². The van der Waals surface area contributed by atoms with Crippen LogP contribution >= 0.6 is 11.6 Å². The topological polar surface area (TPSA) is 42.2 Å². The molecular weight excluding hydrogens is 212 g/mol. The molecule has 2 aromatic rings. The smallest absolute Gasteiger partial charge is 0.157 e. The summed E-state index contributed by atoms with van der Waals surface area (Å²) < 4.78 is 1.75. The summed E-state index contributed by atoms with van der Waals surface area (Å²) in [5.41, 5.74) is 0.863. The van der Waals surface area contributed by atoms with E-state index in [0.717, 1.165) is 24.3 Å². The van der Waals surface area contributed by atoms with Crippen LogP contribution < -0.4 is 5.32 Å². The number of rotatable bonds is 2. The molecule has 15 heavy (non-hydrogen) atoms. The van der Waals surface area contributed by atoms with E-state index in [1.807, 2.05) is 18.3 Å². The minimum atomic E-state index is 0.334. The first-order valence-corrected chi connectivity index (χ1v) is 5.46. The number of hydrogen-bond donors (Lipinski definition) is 1. The lowest BCUT2D eigenvalue weighted by Gasteiger charge is -2.31. The highest BCUT2D eigenvalue weighted by Crippen LogP contribution is 2.27. The first kappa shape index (κ1) is 8.97. The van der Waals surface area contributed by atoms with Gasteiger partial charge >= 0.3 is 0 Å². The standard InChI is InChI=1S/C10H11ClN4/c11-7-5-8(6-7)13-9-2-4-15-10(14-9)1-3-12-15/h1-4,7-8H,5-6H2,(H,13,14). The second-order valence-corrected chi connectivity index (χ2v) is 4.47. The molecule has 0 unspecified atom stereocenters. The second kappa shape index (κ2) is 3.38. The molecule has 0 atom stereocenters. The predicted molar refractivity (Wildman–Crippen MR) is 59.3 cm³/mol. The van der Waals surface area contributed by atoms with Crippen molar-refractivity contribution < 1.29 is 0 Å². The lowest BCUT2D eigenvalue weighted by atomic mass is 9.92. The lowest BCUT2D eigenvalue weighted by Crippen LogP contribution is -2.36. The Morgan fingerprint density at radius 2 is 2.27 bits per heavy atom. The first-order valence-electron chi connectivity index (χ1n) is 5.02. The summed E-state index contributed by atoms with van der Waals surface area (Å²) in [5, 5.41) is 7.78. The summed E-state index contributed by atoms with van der Waals surface area (Å²) in [5.74, 6) is 0.900. The van der Waals surface area contributed by atoms with Gasteiger partial charge in [-0.2, -0.15) is 5.10 Å². The van der Waals surface area contributed by atoms with Gasteiger partial charge in [0.25, 0.3) is 0 Å². The molecule has 3 rings (SSSR count). The molecule has 0 aromatic carbocycles. The van der Waals surface area contributed by atoms with Crippen molar-refractivity contribution in [2.75, 3.05) is 5.32 Å². The molecule has 0 bridgehead atoms. The molecule has 4 nitrogen and oxygen atoms in total. The van der Waals surface area contributed by atoms with Crippen LogP contribution in [0.25, 0.3) is 5.65 Å². The first-order chi connectivity index (χ1) is 7.31. The lowest BCUT2D eigenvalue weighted by molar-refractivity contribution is 0.453. The van der Waals surface area contributed by atoms with Crippen molar-refractivity contribution in [2.45, 2.75) is 24.3 Å². The number of fused-ring (bicyclic) bond motifs is 1. The third-order valence-electron chi connectivity index (χ3n) is 2.69. The molecule has 5 heteroatoms. The van der Waals surface area contributed by atoms with E-state index in [1.165, 1.54) is 0 Å². The van der Waals surface area contributed by atoms with Gasteiger partial charge in [-0.05, 0) is 18.9 Å². The fourth-order valence-corrected chi connectivity index (χ4v) is 2.20. The molecule has 1 fully saturated rings. The number of anilines is 1. The van der Waals surface area contributed by atoms with Crippen LogP contribution in [0.1, 0.15) is 12.8 Å². The maximum absolute atomic E-state index is 5.91. The molecule has 1 aliphatic rings. The van der Waals surface area contributed by atoms with E-state index in [2.05, 4.69) is 15.4 Å². The summed E-state index contributed by atoms with van der Waals surface area (Å²) in [6, 6.07) is 4.29. The average molecular weight is 223 g/mol. The quantitative estimate of drug-likeness (QED) is 0.790. The van der Waals surface area contributed by atoms with Crippen LogP contribution in [0.15, 0.2) is 24.5 Å². The summed E-state index contributed by atoms with van der Waals surface area (Å²) in [4.78, 5) is 4.43. The molecule has 0 spiro atoms. The molecule has 1 aliphatic carbocycles. The number of hydrogen-bond acceptors (Lipinski definition) is 3. The molecule has 2 aromatic heterocycles. The van der Waals surface area contributed by atoms with Gasteiger partial charge in [-0.3, -0.25) is 0 Å². The van der Waals surface area contributed by atoms with Crippen molar-refractivity contribution in [2.24, 2.45) is 0 Å². The van der Waals surface area contributed by atoms with E-state index in [0.29, 0.717) is 11.4 Å². The zero-order valence-electron chi connectivity index (χ0n) is 8.10. The van der Waals surface area contributed by atoms with Crippen LogP contribution in [0.3, 0.4) is 0 Å². The number of halogens is 1. The van der Waals surface area contributed by atoms with Crippen LogP contribution in [0.2, 0.25) is 0 Å². The number of aromatic nitrogens is 3. The molecule has 0 aliphatic heterocycles. The van der Waals surface area contributed by atoms with Crippen molar-refractivity contribution >= 4 is 23.1 Å². The van der Waals surface area contributed by atoms with Gasteiger partial charge in [-0.25, -0.2) is 9.50 Å². The highest BCUT2D eigenvalue weighted by atomic mass is 35.5. The van der Waals surface area contributed by atoms with Crippen LogP contribution in [-0.4, -0.2) is 26.0 Å². The van der Waals surface area contributed by atoms with Crippen molar-refractivity contribution in [3.8, 4) is 0 Å². The van der Waals surface area contributed by atoms with Gasteiger partial charge in [-0.1, -0.05) is 0 Å². The Kier molecular flexibility index (Phi) is 2.02. The third-order valence-corrected chi connectivity index (χ3v) is 3.05. The Morgan fingerprint density at radius 3 is 3.07 bits per heavy atom. The predicted octanol–water partition coefficient (Wildman–Crippen LogP) is 1.91. The highest BCUT2D eigenvalue weighted by molar-refractivity contribution is 6.21. The minimum Gasteiger partial charge on any atom is -0.367 e. The van der Waals surface area contributed by atoms with Gasteiger partial charge in [0.15, 0.2) is 5.65 Å². The van der Waals surface area contributed by atoms with Gasteiger partial charge in [-0.15, -0.1) is 11.6 Å². The fourth-order valence-electron chi connectivity index (χ4n) is 1.77. The van der Waals surface area contributed by atoms with Gasteiger partial charge in [0.2, 0.25) is 0 Å². The molecule has 1 saturated carbocycles. The Morgan fingerprint density at radius 1 is 1.40 bits per heavy atom. The van der Waals surface area contributed by atoms with Crippen molar-refractivity contribution in [3.05, 3.63) is 24.5 Å².